The second-order valence-corrected chi connectivity index (χ2v) is 6.82. The van der Waals surface area contributed by atoms with Crippen molar-refractivity contribution in [3.8, 4) is 0 Å². The summed E-state index contributed by atoms with van der Waals surface area (Å²) in [7, 11) is 1.69. The molecule has 0 bridgehead atoms. The van der Waals surface area contributed by atoms with Crippen molar-refractivity contribution < 1.29 is 8.42 Å². The molecule has 0 N–H and O–H groups in total. The molecule has 84 valence electrons. The maximum atomic E-state index is 10.8. The summed E-state index contributed by atoms with van der Waals surface area (Å²) in [5.74, 6) is -0.0861. The molecule has 2 nitrogen and oxygen atoms in total. The van der Waals surface area contributed by atoms with Crippen LogP contribution in [0.2, 0.25) is 5.02 Å². The number of rotatable bonds is 3. The molecule has 0 atom stereocenters. The Labute approximate surface area is 99.6 Å². The molecule has 5 heteroatoms. The van der Waals surface area contributed by atoms with Crippen molar-refractivity contribution in [3.05, 3.63) is 33.8 Å². The van der Waals surface area contributed by atoms with E-state index in [1.807, 2.05) is 26.0 Å². The van der Waals surface area contributed by atoms with Crippen molar-refractivity contribution in [2.75, 3.05) is 5.75 Å². The van der Waals surface area contributed by atoms with Crippen LogP contribution in [0, 0.1) is 13.8 Å². The maximum absolute atomic E-state index is 10.8. The van der Waals surface area contributed by atoms with Crippen LogP contribution in [-0.4, -0.2) is 14.2 Å². The average molecular weight is 267 g/mol. The maximum Gasteiger partial charge on any atom is 0.232 e. The van der Waals surface area contributed by atoms with Gasteiger partial charge in [0.15, 0.2) is 0 Å². The minimum atomic E-state index is -3.45. The molecule has 1 rings (SSSR count). The molecule has 0 saturated heterocycles. The van der Waals surface area contributed by atoms with E-state index in [9.17, 15) is 8.42 Å². The number of benzene rings is 1. The Morgan fingerprint density at radius 1 is 1.27 bits per heavy atom. The van der Waals surface area contributed by atoms with Gasteiger partial charge < -0.3 is 0 Å². The highest BCUT2D eigenvalue weighted by Gasteiger charge is 2.09. The summed E-state index contributed by atoms with van der Waals surface area (Å²) in [4.78, 5) is 0. The van der Waals surface area contributed by atoms with Crippen LogP contribution in [0.3, 0.4) is 0 Å². The van der Waals surface area contributed by atoms with E-state index in [2.05, 4.69) is 0 Å². The van der Waals surface area contributed by atoms with E-state index < -0.39 is 9.05 Å². The fourth-order valence-corrected chi connectivity index (χ4v) is 2.35. The predicted octanol–water partition coefficient (Wildman–Crippen LogP) is 3.07. The van der Waals surface area contributed by atoms with Crippen LogP contribution in [-0.2, 0) is 15.5 Å². The fraction of sp³-hybridized carbons (Fsp3) is 0.400. The van der Waals surface area contributed by atoms with Crippen LogP contribution in [0.5, 0.6) is 0 Å². The Morgan fingerprint density at radius 3 is 2.40 bits per heavy atom. The van der Waals surface area contributed by atoms with Crippen LogP contribution in [0.4, 0.5) is 0 Å². The van der Waals surface area contributed by atoms with Crippen LogP contribution >= 0.6 is 22.3 Å². The molecule has 0 radical (unpaired) electrons. The highest BCUT2D eigenvalue weighted by molar-refractivity contribution is 8.13. The summed E-state index contributed by atoms with van der Waals surface area (Å²) in [6.45, 7) is 3.84. The zero-order chi connectivity index (χ0) is 11.6. The fourth-order valence-electron chi connectivity index (χ4n) is 1.45. The molecule has 0 aliphatic heterocycles. The molecule has 1 aromatic rings. The summed E-state index contributed by atoms with van der Waals surface area (Å²) in [5, 5.41) is 0.626. The van der Waals surface area contributed by atoms with E-state index in [-0.39, 0.29) is 5.75 Å². The van der Waals surface area contributed by atoms with E-state index in [1.165, 1.54) is 0 Å². The Balaban J connectivity index is 2.95. The zero-order valence-corrected chi connectivity index (χ0v) is 10.9. The number of aryl methyl sites for hydroxylation is 3. The van der Waals surface area contributed by atoms with Gasteiger partial charge in [0.1, 0.15) is 0 Å². The van der Waals surface area contributed by atoms with E-state index in [0.717, 1.165) is 16.7 Å². The molecule has 0 aliphatic carbocycles. The summed E-state index contributed by atoms with van der Waals surface area (Å²) in [6, 6.07) is 3.85. The largest absolute Gasteiger partial charge is 0.232 e. The first-order valence-electron chi connectivity index (χ1n) is 4.47. The van der Waals surface area contributed by atoms with Crippen molar-refractivity contribution in [3.63, 3.8) is 0 Å². The summed E-state index contributed by atoms with van der Waals surface area (Å²) in [5.41, 5.74) is 2.86. The lowest BCUT2D eigenvalue weighted by Crippen LogP contribution is -2.02. The lowest BCUT2D eigenvalue weighted by molar-refractivity contribution is 0.609. The van der Waals surface area contributed by atoms with Crippen molar-refractivity contribution in [1.82, 2.24) is 0 Å². The minimum Gasteiger partial charge on any atom is -0.212 e. The lowest BCUT2D eigenvalue weighted by Gasteiger charge is -2.07. The molecule has 0 unspecified atom stereocenters. The van der Waals surface area contributed by atoms with E-state index in [4.69, 9.17) is 22.3 Å². The zero-order valence-electron chi connectivity index (χ0n) is 8.55. The summed E-state index contributed by atoms with van der Waals surface area (Å²) in [6.07, 6.45) is 0.354. The van der Waals surface area contributed by atoms with Gasteiger partial charge in [-0.3, -0.25) is 0 Å². The standard InChI is InChI=1S/C10H12Cl2O2S/c1-7-5-8(2)10(11)9(6-7)3-4-15(12,13)14/h5-6H,3-4H2,1-2H3. The Bertz CT molecular complexity index is 467. The minimum absolute atomic E-state index is 0.0861. The normalized spacial score (nSPS) is 11.7. The van der Waals surface area contributed by atoms with Gasteiger partial charge in [0.05, 0.1) is 5.75 Å². The molecule has 15 heavy (non-hydrogen) atoms. The predicted molar refractivity (Wildman–Crippen MR) is 64.3 cm³/mol. The van der Waals surface area contributed by atoms with Crippen molar-refractivity contribution in [2.45, 2.75) is 20.3 Å². The molecule has 0 spiro atoms. The molecule has 0 aromatic heterocycles. The van der Waals surface area contributed by atoms with Gasteiger partial charge in [-0.2, -0.15) is 0 Å². The van der Waals surface area contributed by atoms with Gasteiger partial charge in [-0.05, 0) is 31.4 Å². The molecule has 0 heterocycles. The van der Waals surface area contributed by atoms with Crippen LogP contribution in [0.1, 0.15) is 16.7 Å². The second-order valence-electron chi connectivity index (χ2n) is 3.55. The van der Waals surface area contributed by atoms with Crippen molar-refractivity contribution in [2.24, 2.45) is 0 Å². The SMILES string of the molecule is Cc1cc(C)c(Cl)c(CCS(=O)(=O)Cl)c1. The molecule has 0 fully saturated rings. The van der Waals surface area contributed by atoms with Gasteiger partial charge in [0.2, 0.25) is 9.05 Å². The van der Waals surface area contributed by atoms with E-state index in [0.29, 0.717) is 11.4 Å². The number of hydrogen-bond donors (Lipinski definition) is 0. The first-order chi connectivity index (χ1) is 6.79. The topological polar surface area (TPSA) is 34.1 Å². The van der Waals surface area contributed by atoms with Crippen molar-refractivity contribution >= 4 is 31.3 Å². The molecular formula is C10H12Cl2O2S. The lowest BCUT2D eigenvalue weighted by atomic mass is 10.1. The first-order valence-corrected chi connectivity index (χ1v) is 7.33. The number of hydrogen-bond acceptors (Lipinski definition) is 2. The molecule has 1 aromatic carbocycles. The summed E-state index contributed by atoms with van der Waals surface area (Å²) >= 11 is 6.06. The molecule has 0 saturated carbocycles. The Morgan fingerprint density at radius 2 is 1.87 bits per heavy atom. The van der Waals surface area contributed by atoms with Gasteiger partial charge in [-0.1, -0.05) is 29.3 Å². The first kappa shape index (κ1) is 12.8. The average Bonchev–Trinajstić information content (AvgIpc) is 2.07. The third-order valence-electron chi connectivity index (χ3n) is 2.09. The van der Waals surface area contributed by atoms with Crippen molar-refractivity contribution in [1.29, 1.82) is 0 Å². The third-order valence-corrected chi connectivity index (χ3v) is 3.78. The highest BCUT2D eigenvalue weighted by atomic mass is 35.7. The van der Waals surface area contributed by atoms with Gasteiger partial charge >= 0.3 is 0 Å². The highest BCUT2D eigenvalue weighted by Crippen LogP contribution is 2.23. The molecule has 0 aliphatic rings. The Kier molecular flexibility index (Phi) is 4.04. The Hall–Kier alpha value is -0.250. The monoisotopic (exact) mass is 266 g/mol. The van der Waals surface area contributed by atoms with Crippen LogP contribution in [0.25, 0.3) is 0 Å². The van der Waals surface area contributed by atoms with Crippen LogP contribution in [0.15, 0.2) is 12.1 Å². The van der Waals surface area contributed by atoms with Crippen LogP contribution < -0.4 is 0 Å². The van der Waals surface area contributed by atoms with Gasteiger partial charge in [-0.15, -0.1) is 0 Å². The quantitative estimate of drug-likeness (QED) is 0.789. The number of halogens is 2. The van der Waals surface area contributed by atoms with Gasteiger partial charge in [-0.25, -0.2) is 8.42 Å². The third kappa shape index (κ3) is 4.01. The van der Waals surface area contributed by atoms with Gasteiger partial charge in [0.25, 0.3) is 0 Å². The summed E-state index contributed by atoms with van der Waals surface area (Å²) < 4.78 is 21.6. The van der Waals surface area contributed by atoms with Gasteiger partial charge in [0, 0.05) is 15.7 Å². The molecular weight excluding hydrogens is 255 g/mol. The van der Waals surface area contributed by atoms with E-state index >= 15 is 0 Å². The smallest absolute Gasteiger partial charge is 0.212 e. The van der Waals surface area contributed by atoms with E-state index in [1.54, 1.807) is 0 Å². The second kappa shape index (κ2) is 4.73. The molecule has 0 amide bonds.